The number of ether oxygens (including phenoxy) is 1. The van der Waals surface area contributed by atoms with Gasteiger partial charge in [-0.3, -0.25) is 4.79 Å². The van der Waals surface area contributed by atoms with Crippen molar-refractivity contribution in [2.24, 2.45) is 5.92 Å². The van der Waals surface area contributed by atoms with E-state index < -0.39 is 5.82 Å². The van der Waals surface area contributed by atoms with Crippen LogP contribution in [0.1, 0.15) is 23.2 Å². The Morgan fingerprint density at radius 1 is 1.43 bits per heavy atom. The zero-order valence-electron chi connectivity index (χ0n) is 12.4. The van der Waals surface area contributed by atoms with E-state index in [4.69, 9.17) is 4.74 Å². The van der Waals surface area contributed by atoms with Crippen LogP contribution >= 0.6 is 12.4 Å². The molecular formula is C15H22ClFN2O2. The fourth-order valence-electron chi connectivity index (χ4n) is 2.60. The Labute approximate surface area is 131 Å². The molecule has 0 atom stereocenters. The molecule has 0 bridgehead atoms. The highest BCUT2D eigenvalue weighted by Crippen LogP contribution is 2.21. The Hall–Kier alpha value is -1.33. The van der Waals surface area contributed by atoms with Crippen LogP contribution in [0.2, 0.25) is 0 Å². The average Bonchev–Trinajstić information content (AvgIpc) is 2.47. The summed E-state index contributed by atoms with van der Waals surface area (Å²) >= 11 is 0. The molecular weight excluding hydrogens is 295 g/mol. The van der Waals surface area contributed by atoms with Gasteiger partial charge in [0.1, 0.15) is 11.6 Å². The molecule has 1 amide bonds. The third-order valence-corrected chi connectivity index (χ3v) is 3.80. The summed E-state index contributed by atoms with van der Waals surface area (Å²) in [5, 5.41) is 3.16. The highest BCUT2D eigenvalue weighted by Gasteiger charge is 2.25. The minimum atomic E-state index is -0.522. The van der Waals surface area contributed by atoms with Crippen molar-refractivity contribution >= 4 is 18.3 Å². The van der Waals surface area contributed by atoms with Gasteiger partial charge in [-0.25, -0.2) is 4.39 Å². The van der Waals surface area contributed by atoms with Gasteiger partial charge in [-0.15, -0.1) is 12.4 Å². The van der Waals surface area contributed by atoms with E-state index in [0.29, 0.717) is 24.8 Å². The molecule has 2 rings (SSSR count). The van der Waals surface area contributed by atoms with Crippen LogP contribution in [-0.2, 0) is 0 Å². The van der Waals surface area contributed by atoms with Crippen LogP contribution in [0.4, 0.5) is 4.39 Å². The van der Waals surface area contributed by atoms with E-state index in [1.807, 2.05) is 7.05 Å². The number of hydrogen-bond donors (Lipinski definition) is 1. The summed E-state index contributed by atoms with van der Waals surface area (Å²) in [5.41, 5.74) is 0.123. The number of carbonyl (C=O) groups excluding carboxylic acids is 1. The second-order valence-corrected chi connectivity index (χ2v) is 5.14. The van der Waals surface area contributed by atoms with Crippen molar-refractivity contribution in [1.82, 2.24) is 10.2 Å². The molecule has 0 spiro atoms. The van der Waals surface area contributed by atoms with Crippen LogP contribution in [0.3, 0.4) is 0 Å². The highest BCUT2D eigenvalue weighted by atomic mass is 35.5. The summed E-state index contributed by atoms with van der Waals surface area (Å²) in [6, 6.07) is 4.36. The van der Waals surface area contributed by atoms with Gasteiger partial charge >= 0.3 is 0 Å². The summed E-state index contributed by atoms with van der Waals surface area (Å²) in [4.78, 5) is 14.0. The van der Waals surface area contributed by atoms with E-state index in [9.17, 15) is 9.18 Å². The van der Waals surface area contributed by atoms with Crippen molar-refractivity contribution in [2.45, 2.75) is 12.8 Å². The maximum Gasteiger partial charge on any atom is 0.256 e. The second kappa shape index (κ2) is 8.20. The molecule has 0 unspecified atom stereocenters. The average molecular weight is 317 g/mol. The van der Waals surface area contributed by atoms with E-state index in [0.717, 1.165) is 19.4 Å². The zero-order valence-corrected chi connectivity index (χ0v) is 13.2. The number of halogens is 2. The topological polar surface area (TPSA) is 41.6 Å². The summed E-state index contributed by atoms with van der Waals surface area (Å²) in [5.74, 6) is 0.274. The van der Waals surface area contributed by atoms with Crippen LogP contribution in [-0.4, -0.2) is 44.6 Å². The number of nitrogens with one attached hydrogen (secondary N) is 1. The largest absolute Gasteiger partial charge is 0.497 e. The summed E-state index contributed by atoms with van der Waals surface area (Å²) < 4.78 is 18.8. The number of nitrogens with zero attached hydrogens (tertiary/aromatic N) is 1. The van der Waals surface area contributed by atoms with E-state index in [1.165, 1.54) is 19.2 Å². The Balaban J connectivity index is 0.00000220. The number of rotatable bonds is 4. The monoisotopic (exact) mass is 316 g/mol. The SMILES string of the molecule is CNCC1CCN(C(=O)c2ccc(OC)cc2F)CC1.Cl. The summed E-state index contributed by atoms with van der Waals surface area (Å²) in [7, 11) is 3.41. The minimum Gasteiger partial charge on any atom is -0.497 e. The predicted octanol–water partition coefficient (Wildman–Crippen LogP) is 2.33. The van der Waals surface area contributed by atoms with Crippen molar-refractivity contribution in [3.8, 4) is 5.75 Å². The number of piperidine rings is 1. The van der Waals surface area contributed by atoms with Gasteiger partial charge in [-0.2, -0.15) is 0 Å². The predicted molar refractivity (Wildman–Crippen MR) is 82.8 cm³/mol. The molecule has 1 N–H and O–H groups in total. The maximum atomic E-state index is 13.9. The quantitative estimate of drug-likeness (QED) is 0.927. The molecule has 1 aliphatic heterocycles. The Bertz CT molecular complexity index is 477. The molecule has 1 saturated heterocycles. The molecule has 118 valence electrons. The second-order valence-electron chi connectivity index (χ2n) is 5.14. The Kier molecular flexibility index (Phi) is 6.92. The van der Waals surface area contributed by atoms with E-state index in [2.05, 4.69) is 5.32 Å². The van der Waals surface area contributed by atoms with E-state index in [-0.39, 0.29) is 23.9 Å². The first-order valence-corrected chi connectivity index (χ1v) is 6.93. The first-order chi connectivity index (χ1) is 9.65. The maximum absolute atomic E-state index is 13.9. The molecule has 1 heterocycles. The lowest BCUT2D eigenvalue weighted by molar-refractivity contribution is 0.0686. The first kappa shape index (κ1) is 17.7. The molecule has 4 nitrogen and oxygen atoms in total. The fraction of sp³-hybridized carbons (Fsp3) is 0.533. The van der Waals surface area contributed by atoms with Crippen molar-refractivity contribution in [3.05, 3.63) is 29.6 Å². The molecule has 0 aliphatic carbocycles. The third kappa shape index (κ3) is 4.32. The van der Waals surface area contributed by atoms with Crippen molar-refractivity contribution in [2.75, 3.05) is 33.8 Å². The molecule has 0 aromatic heterocycles. The fourth-order valence-corrected chi connectivity index (χ4v) is 2.60. The van der Waals surface area contributed by atoms with Crippen LogP contribution in [0.25, 0.3) is 0 Å². The molecule has 0 radical (unpaired) electrons. The van der Waals surface area contributed by atoms with Gasteiger partial charge in [0.2, 0.25) is 0 Å². The van der Waals surface area contributed by atoms with Gasteiger partial charge < -0.3 is 15.0 Å². The molecule has 0 saturated carbocycles. The van der Waals surface area contributed by atoms with Crippen LogP contribution in [0, 0.1) is 11.7 Å². The molecule has 1 aromatic carbocycles. The first-order valence-electron chi connectivity index (χ1n) is 6.93. The molecule has 1 aliphatic rings. The van der Waals surface area contributed by atoms with Gasteiger partial charge in [-0.1, -0.05) is 0 Å². The normalized spacial score (nSPS) is 15.5. The number of hydrogen-bond acceptors (Lipinski definition) is 3. The highest BCUT2D eigenvalue weighted by molar-refractivity contribution is 5.94. The summed E-state index contributed by atoms with van der Waals surface area (Å²) in [6.45, 7) is 2.35. The number of amides is 1. The number of likely N-dealkylation sites (tertiary alicyclic amines) is 1. The van der Waals surface area contributed by atoms with Crippen molar-refractivity contribution < 1.29 is 13.9 Å². The third-order valence-electron chi connectivity index (χ3n) is 3.80. The Morgan fingerprint density at radius 3 is 2.62 bits per heavy atom. The van der Waals surface area contributed by atoms with Crippen LogP contribution in [0.15, 0.2) is 18.2 Å². The van der Waals surface area contributed by atoms with Gasteiger partial charge in [0.15, 0.2) is 0 Å². The Morgan fingerprint density at radius 2 is 2.10 bits per heavy atom. The smallest absolute Gasteiger partial charge is 0.256 e. The van der Waals surface area contributed by atoms with Gasteiger partial charge in [-0.05, 0) is 44.5 Å². The standard InChI is InChI=1S/C15H21FN2O2.ClH/c1-17-10-11-5-7-18(8-6-11)15(19)13-4-3-12(20-2)9-14(13)16;/h3-4,9,11,17H,5-8,10H2,1-2H3;1H. The zero-order chi connectivity index (χ0) is 14.5. The lowest BCUT2D eigenvalue weighted by Crippen LogP contribution is -2.40. The van der Waals surface area contributed by atoms with E-state index >= 15 is 0 Å². The molecule has 1 aromatic rings. The summed E-state index contributed by atoms with van der Waals surface area (Å²) in [6.07, 6.45) is 1.93. The molecule has 21 heavy (non-hydrogen) atoms. The lowest BCUT2D eigenvalue weighted by atomic mass is 9.96. The van der Waals surface area contributed by atoms with Gasteiger partial charge in [0.25, 0.3) is 5.91 Å². The van der Waals surface area contributed by atoms with Gasteiger partial charge in [0, 0.05) is 19.2 Å². The molecule has 1 fully saturated rings. The molecule has 6 heteroatoms. The number of carbonyl (C=O) groups is 1. The minimum absolute atomic E-state index is 0. The van der Waals surface area contributed by atoms with Crippen molar-refractivity contribution in [1.29, 1.82) is 0 Å². The number of benzene rings is 1. The van der Waals surface area contributed by atoms with Crippen molar-refractivity contribution in [3.63, 3.8) is 0 Å². The van der Waals surface area contributed by atoms with Crippen LogP contribution < -0.4 is 10.1 Å². The van der Waals surface area contributed by atoms with E-state index in [1.54, 1.807) is 11.0 Å². The van der Waals surface area contributed by atoms with Gasteiger partial charge in [0.05, 0.1) is 12.7 Å². The lowest BCUT2D eigenvalue weighted by Gasteiger charge is -2.32. The number of methoxy groups -OCH3 is 1. The van der Waals surface area contributed by atoms with Crippen LogP contribution in [0.5, 0.6) is 5.75 Å².